The zero-order chi connectivity index (χ0) is 21.3. The molecule has 3 aromatic rings. The number of hydrogen-bond acceptors (Lipinski definition) is 6. The van der Waals surface area contributed by atoms with Crippen LogP contribution in [0.2, 0.25) is 0 Å². The lowest BCUT2D eigenvalue weighted by atomic mass is 10.1. The van der Waals surface area contributed by atoms with Crippen LogP contribution in [0.15, 0.2) is 53.6 Å². The summed E-state index contributed by atoms with van der Waals surface area (Å²) in [5.41, 5.74) is 1.47. The molecule has 158 valence electrons. The Labute approximate surface area is 175 Å². The van der Waals surface area contributed by atoms with Gasteiger partial charge < -0.3 is 14.2 Å². The van der Waals surface area contributed by atoms with Crippen LogP contribution < -0.4 is 15.0 Å². The van der Waals surface area contributed by atoms with Crippen molar-refractivity contribution in [2.75, 3.05) is 19.8 Å². The number of fused-ring (bicyclic) bond motifs is 1. The third kappa shape index (κ3) is 5.59. The number of hydrogen-bond donors (Lipinski definition) is 0. The summed E-state index contributed by atoms with van der Waals surface area (Å²) >= 11 is 0. The lowest BCUT2D eigenvalue weighted by molar-refractivity contribution is -0.144. The first kappa shape index (κ1) is 21.4. The largest absolute Gasteiger partial charge is 0.494 e. The van der Waals surface area contributed by atoms with Crippen molar-refractivity contribution >= 4 is 16.9 Å². The Morgan fingerprint density at radius 1 is 1.00 bits per heavy atom. The van der Waals surface area contributed by atoms with Gasteiger partial charge in [-0.15, -0.1) is 0 Å². The predicted molar refractivity (Wildman–Crippen MR) is 114 cm³/mol. The molecule has 0 bridgehead atoms. The van der Waals surface area contributed by atoms with Crippen molar-refractivity contribution in [3.8, 4) is 11.5 Å². The zero-order valence-electron chi connectivity index (χ0n) is 17.3. The van der Waals surface area contributed by atoms with E-state index in [-0.39, 0.29) is 31.7 Å². The van der Waals surface area contributed by atoms with Crippen LogP contribution in [-0.2, 0) is 16.1 Å². The molecule has 0 atom stereocenters. The molecule has 0 spiro atoms. The third-order valence-corrected chi connectivity index (χ3v) is 4.52. The van der Waals surface area contributed by atoms with Crippen molar-refractivity contribution in [3.05, 3.63) is 64.7 Å². The first-order valence-electron chi connectivity index (χ1n) is 10.0. The van der Waals surface area contributed by atoms with Crippen LogP contribution >= 0.6 is 0 Å². The van der Waals surface area contributed by atoms with Gasteiger partial charge in [0.2, 0.25) is 0 Å². The highest BCUT2D eigenvalue weighted by Crippen LogP contribution is 2.17. The fourth-order valence-electron chi connectivity index (χ4n) is 2.95. The van der Waals surface area contributed by atoms with Crippen LogP contribution in [0.3, 0.4) is 0 Å². The average Bonchev–Trinajstić information content (AvgIpc) is 2.76. The fourth-order valence-corrected chi connectivity index (χ4v) is 2.95. The van der Waals surface area contributed by atoms with Crippen molar-refractivity contribution in [3.63, 3.8) is 0 Å². The number of carbonyl (C=O) groups is 1. The zero-order valence-corrected chi connectivity index (χ0v) is 17.3. The second kappa shape index (κ2) is 10.4. The summed E-state index contributed by atoms with van der Waals surface area (Å²) in [6.45, 7) is 5.24. The Bertz CT molecular complexity index is 1040. The highest BCUT2D eigenvalue weighted by molar-refractivity contribution is 5.80. The van der Waals surface area contributed by atoms with E-state index in [4.69, 9.17) is 14.2 Å². The number of nitrogens with zero attached hydrogens (tertiary/aromatic N) is 2. The van der Waals surface area contributed by atoms with Crippen molar-refractivity contribution in [2.24, 2.45) is 0 Å². The van der Waals surface area contributed by atoms with Crippen LogP contribution in [0.25, 0.3) is 10.9 Å². The van der Waals surface area contributed by atoms with Gasteiger partial charge >= 0.3 is 5.97 Å². The number of rotatable bonds is 10. The molecule has 0 N–H and O–H groups in total. The molecule has 1 aromatic heterocycles. The molecule has 7 heteroatoms. The van der Waals surface area contributed by atoms with Gasteiger partial charge in [-0.05, 0) is 49.2 Å². The van der Waals surface area contributed by atoms with Crippen molar-refractivity contribution in [1.82, 2.24) is 9.55 Å². The molecule has 0 amide bonds. The van der Waals surface area contributed by atoms with Crippen LogP contribution in [0.1, 0.15) is 25.3 Å². The van der Waals surface area contributed by atoms with Crippen LogP contribution in [0.4, 0.5) is 0 Å². The highest BCUT2D eigenvalue weighted by Gasteiger charge is 2.09. The van der Waals surface area contributed by atoms with Gasteiger partial charge in [0.1, 0.15) is 24.7 Å². The van der Waals surface area contributed by atoms with E-state index in [0.717, 1.165) is 17.7 Å². The Hall–Kier alpha value is -3.35. The van der Waals surface area contributed by atoms with Gasteiger partial charge in [0.05, 0.1) is 30.3 Å². The molecule has 30 heavy (non-hydrogen) atoms. The van der Waals surface area contributed by atoms with Gasteiger partial charge in [-0.1, -0.05) is 19.1 Å². The second-order valence-corrected chi connectivity index (χ2v) is 6.85. The van der Waals surface area contributed by atoms with Gasteiger partial charge in [-0.2, -0.15) is 0 Å². The number of aryl methyl sites for hydroxylation is 2. The number of benzene rings is 2. The molecule has 0 unspecified atom stereocenters. The molecule has 0 radical (unpaired) electrons. The Morgan fingerprint density at radius 2 is 1.70 bits per heavy atom. The summed E-state index contributed by atoms with van der Waals surface area (Å²) in [5.74, 6) is 1.08. The summed E-state index contributed by atoms with van der Waals surface area (Å²) < 4.78 is 17.7. The summed E-state index contributed by atoms with van der Waals surface area (Å²) in [6, 6.07) is 12.8. The molecule has 0 aliphatic heterocycles. The summed E-state index contributed by atoms with van der Waals surface area (Å²) in [4.78, 5) is 28.8. The van der Waals surface area contributed by atoms with E-state index in [9.17, 15) is 9.59 Å². The van der Waals surface area contributed by atoms with E-state index in [2.05, 4.69) is 11.9 Å². The monoisotopic (exact) mass is 410 g/mol. The molecule has 0 saturated carbocycles. The lowest BCUT2D eigenvalue weighted by Gasteiger charge is -2.10. The highest BCUT2D eigenvalue weighted by atomic mass is 16.6. The normalized spacial score (nSPS) is 10.7. The first-order chi connectivity index (χ1) is 14.6. The van der Waals surface area contributed by atoms with Gasteiger partial charge in [0.25, 0.3) is 5.56 Å². The number of ether oxygens (including phenoxy) is 3. The molecule has 3 rings (SSSR count). The predicted octanol–water partition coefficient (Wildman–Crippen LogP) is 3.51. The van der Waals surface area contributed by atoms with Crippen LogP contribution in [0, 0.1) is 6.92 Å². The molecule has 0 aliphatic rings. The van der Waals surface area contributed by atoms with Crippen molar-refractivity contribution in [1.29, 1.82) is 0 Å². The smallest absolute Gasteiger partial charge is 0.307 e. The molecule has 0 fully saturated rings. The molecule has 2 aromatic carbocycles. The Balaban J connectivity index is 1.42. The third-order valence-electron chi connectivity index (χ3n) is 4.52. The minimum atomic E-state index is -0.391. The fraction of sp³-hybridized carbons (Fsp3) is 0.348. The van der Waals surface area contributed by atoms with E-state index in [1.807, 2.05) is 43.3 Å². The molecular formula is C23H26N2O5. The van der Waals surface area contributed by atoms with E-state index in [1.54, 1.807) is 6.07 Å². The van der Waals surface area contributed by atoms with E-state index >= 15 is 0 Å². The van der Waals surface area contributed by atoms with Gasteiger partial charge in [0.15, 0.2) is 0 Å². The number of aromatic nitrogens is 2. The maximum absolute atomic E-state index is 12.5. The quantitative estimate of drug-likeness (QED) is 0.376. The van der Waals surface area contributed by atoms with Crippen LogP contribution in [-0.4, -0.2) is 35.3 Å². The minimum Gasteiger partial charge on any atom is -0.494 e. The lowest BCUT2D eigenvalue weighted by Crippen LogP contribution is -2.23. The van der Waals surface area contributed by atoms with E-state index < -0.39 is 5.97 Å². The topological polar surface area (TPSA) is 79.7 Å². The van der Waals surface area contributed by atoms with Crippen LogP contribution in [0.5, 0.6) is 11.5 Å². The molecular weight excluding hydrogens is 384 g/mol. The summed E-state index contributed by atoms with van der Waals surface area (Å²) in [5, 5.41) is 0.547. The number of esters is 1. The maximum atomic E-state index is 12.5. The number of para-hydroxylation sites is 1. The first-order valence-corrected chi connectivity index (χ1v) is 10.0. The van der Waals surface area contributed by atoms with E-state index in [0.29, 0.717) is 23.3 Å². The summed E-state index contributed by atoms with van der Waals surface area (Å²) in [7, 11) is 0. The Morgan fingerprint density at radius 3 is 2.40 bits per heavy atom. The average molecular weight is 410 g/mol. The number of carbonyl (C=O) groups excluding carboxylic acids is 1. The minimum absolute atomic E-state index is 0.0857. The molecule has 1 heterocycles. The molecule has 0 saturated heterocycles. The van der Waals surface area contributed by atoms with Gasteiger partial charge in [-0.3, -0.25) is 14.2 Å². The molecule has 0 aliphatic carbocycles. The van der Waals surface area contributed by atoms with Gasteiger partial charge in [0, 0.05) is 6.54 Å². The second-order valence-electron chi connectivity index (χ2n) is 6.85. The SMILES string of the molecule is CCCOc1ccc(OCCOC(=O)CCn2cnc3c(C)cccc3c2=O)cc1. The van der Waals surface area contributed by atoms with E-state index in [1.165, 1.54) is 10.9 Å². The van der Waals surface area contributed by atoms with Crippen molar-refractivity contribution in [2.45, 2.75) is 33.2 Å². The van der Waals surface area contributed by atoms with Gasteiger partial charge in [-0.25, -0.2) is 4.98 Å². The molecule has 7 nitrogen and oxygen atoms in total. The standard InChI is InChI=1S/C23H26N2O5/c1-3-13-28-18-7-9-19(10-8-18)29-14-15-30-21(26)11-12-25-16-24-22-17(2)5-4-6-20(22)23(25)27/h4-10,16H,3,11-15H2,1-2H3. The summed E-state index contributed by atoms with van der Waals surface area (Å²) in [6.07, 6.45) is 2.51. The van der Waals surface area contributed by atoms with Crippen molar-refractivity contribution < 1.29 is 19.0 Å². The Kier molecular flexibility index (Phi) is 7.43. The maximum Gasteiger partial charge on any atom is 0.307 e.